The van der Waals surface area contributed by atoms with E-state index in [-0.39, 0.29) is 34.3 Å². The summed E-state index contributed by atoms with van der Waals surface area (Å²) < 4.78 is 0. The Kier molecular flexibility index (Phi) is 9.37. The van der Waals surface area contributed by atoms with Gasteiger partial charge in [-0.15, -0.1) is 10.2 Å². The van der Waals surface area contributed by atoms with Crippen LogP contribution in [0.3, 0.4) is 0 Å². The third kappa shape index (κ3) is 6.52. The second-order valence-electron chi connectivity index (χ2n) is 7.77. The molecule has 179 valence electrons. The summed E-state index contributed by atoms with van der Waals surface area (Å²) in [5.74, 6) is -1.08. The number of rotatable bonds is 9. The Labute approximate surface area is 202 Å². The summed E-state index contributed by atoms with van der Waals surface area (Å²) in [6.45, 7) is 3.73. The average Bonchev–Trinajstić information content (AvgIpc) is 2.75. The van der Waals surface area contributed by atoms with Crippen molar-refractivity contribution in [1.82, 2.24) is 5.32 Å². The molecule has 1 unspecified atom stereocenters. The smallest absolute Gasteiger partial charge is 0.323 e. The Bertz CT molecular complexity index is 1170. The molecule has 0 aliphatic rings. The summed E-state index contributed by atoms with van der Waals surface area (Å²) in [5, 5.41) is 51.6. The molecule has 1 radical (unpaired) electrons. The zero-order valence-corrected chi connectivity index (χ0v) is 19.3. The second kappa shape index (κ2) is 11.8. The van der Waals surface area contributed by atoms with Crippen molar-refractivity contribution in [2.24, 2.45) is 10.2 Å². The van der Waals surface area contributed by atoms with Crippen LogP contribution < -0.4 is 5.32 Å². The molecule has 0 amide bonds. The van der Waals surface area contributed by atoms with Gasteiger partial charge in [0.1, 0.15) is 28.9 Å². The number of hydrogen-bond acceptors (Lipinski definition) is 7. The van der Waals surface area contributed by atoms with Crippen LogP contribution in [0.2, 0.25) is 0 Å². The van der Waals surface area contributed by atoms with E-state index in [1.807, 2.05) is 31.2 Å². The number of nitrogens with one attached hydrogen (secondary N) is 1. The molecule has 3 aromatic carbocycles. The molecule has 0 aromatic heterocycles. The molecule has 1 atom stereocenters. The van der Waals surface area contributed by atoms with Gasteiger partial charge in [0, 0.05) is 22.5 Å². The predicted octanol–water partition coefficient (Wildman–Crippen LogP) is 4.25. The Hall–Kier alpha value is -2.97. The van der Waals surface area contributed by atoms with E-state index >= 15 is 0 Å². The Morgan fingerprint density at radius 3 is 2.52 bits per heavy atom. The number of phenols is 2. The van der Waals surface area contributed by atoms with Crippen LogP contribution in [0.1, 0.15) is 23.1 Å². The van der Waals surface area contributed by atoms with Crippen LogP contribution in [0.25, 0.3) is 10.8 Å². The van der Waals surface area contributed by atoms with Crippen LogP contribution in [-0.4, -0.2) is 45.6 Å². The van der Waals surface area contributed by atoms with Crippen LogP contribution in [0.5, 0.6) is 11.5 Å². The number of aryl methyl sites for hydroxylation is 3. The van der Waals surface area contributed by atoms with Gasteiger partial charge in [0.05, 0.1) is 6.61 Å². The van der Waals surface area contributed by atoms with E-state index < -0.39 is 18.6 Å². The summed E-state index contributed by atoms with van der Waals surface area (Å²) in [6.07, 6.45) is 1.25. The van der Waals surface area contributed by atoms with Gasteiger partial charge < -0.3 is 25.7 Å². The number of aliphatic hydroxyl groups is 1. The zero-order valence-electron chi connectivity index (χ0n) is 18.3. The maximum atomic E-state index is 10.9. The van der Waals surface area contributed by atoms with E-state index in [0.717, 1.165) is 21.9 Å². The molecular formula is C24H27CuN3O5. The van der Waals surface area contributed by atoms with Gasteiger partial charge in [0.2, 0.25) is 0 Å². The normalized spacial score (nSPS) is 12.1. The number of phenolic OH excluding ortho intramolecular Hbond substituents is 2. The summed E-state index contributed by atoms with van der Waals surface area (Å²) in [5.41, 5.74) is 3.29. The maximum Gasteiger partial charge on any atom is 0.323 e. The van der Waals surface area contributed by atoms with E-state index in [4.69, 9.17) is 10.2 Å². The van der Waals surface area contributed by atoms with E-state index in [2.05, 4.69) is 15.5 Å². The van der Waals surface area contributed by atoms with Crippen molar-refractivity contribution in [3.8, 4) is 11.5 Å². The first-order chi connectivity index (χ1) is 15.3. The van der Waals surface area contributed by atoms with Crippen molar-refractivity contribution in [1.29, 1.82) is 0 Å². The molecule has 0 heterocycles. The van der Waals surface area contributed by atoms with Gasteiger partial charge in [-0.25, -0.2) is 0 Å². The van der Waals surface area contributed by atoms with Crippen molar-refractivity contribution < 1.29 is 42.3 Å². The number of aliphatic carboxylic acids is 1. The molecule has 8 nitrogen and oxygen atoms in total. The topological polar surface area (TPSA) is 135 Å². The van der Waals surface area contributed by atoms with E-state index in [1.165, 1.54) is 6.07 Å². The maximum absolute atomic E-state index is 10.9. The van der Waals surface area contributed by atoms with E-state index in [9.17, 15) is 15.0 Å². The standard InChI is InChI=1S/C24H27N3O5.Cu/c1-14-5-7-18-17(10-14)11-15(2)23(30)22(18)27-26-19-12-16(6-8-21(19)29)4-3-9-25-20(13-28)24(31)32;/h5-8,10-12,20,25,28-30H,3-4,9,13H2,1-2H3,(H,31,32);. The molecule has 3 aromatic rings. The number of benzene rings is 3. The molecule has 0 aliphatic heterocycles. The van der Waals surface area contributed by atoms with Crippen molar-refractivity contribution in [2.45, 2.75) is 32.7 Å². The number of carboxylic acid groups (broad SMARTS) is 1. The van der Waals surface area contributed by atoms with E-state index in [1.54, 1.807) is 19.1 Å². The van der Waals surface area contributed by atoms with E-state index in [0.29, 0.717) is 30.6 Å². The van der Waals surface area contributed by atoms with Crippen molar-refractivity contribution in [2.75, 3.05) is 13.2 Å². The number of aliphatic hydroxyl groups excluding tert-OH is 1. The number of fused-ring (bicyclic) bond motifs is 1. The molecule has 0 fully saturated rings. The minimum absolute atomic E-state index is 0. The third-order valence-corrected chi connectivity index (χ3v) is 5.24. The second-order valence-corrected chi connectivity index (χ2v) is 7.77. The fraction of sp³-hybridized carbons (Fsp3) is 0.292. The van der Waals surface area contributed by atoms with Crippen molar-refractivity contribution in [3.05, 3.63) is 59.2 Å². The fourth-order valence-corrected chi connectivity index (χ4v) is 3.44. The minimum atomic E-state index is -1.10. The monoisotopic (exact) mass is 500 g/mol. The number of aromatic hydroxyl groups is 2. The van der Waals surface area contributed by atoms with Crippen LogP contribution in [-0.2, 0) is 28.3 Å². The summed E-state index contributed by atoms with van der Waals surface area (Å²) in [6, 6.07) is 11.7. The van der Waals surface area contributed by atoms with Gasteiger partial charge in [-0.05, 0) is 67.9 Å². The largest absolute Gasteiger partial charge is 0.506 e. The van der Waals surface area contributed by atoms with Gasteiger partial charge in [0.25, 0.3) is 0 Å². The van der Waals surface area contributed by atoms with Gasteiger partial charge in [-0.1, -0.05) is 29.8 Å². The molecule has 0 bridgehead atoms. The zero-order chi connectivity index (χ0) is 23.3. The molecule has 3 rings (SSSR count). The Morgan fingerprint density at radius 1 is 1.06 bits per heavy atom. The van der Waals surface area contributed by atoms with Crippen LogP contribution >= 0.6 is 0 Å². The Balaban J connectivity index is 0.00000385. The molecule has 0 aliphatic carbocycles. The molecule has 33 heavy (non-hydrogen) atoms. The van der Waals surface area contributed by atoms with Gasteiger partial charge in [0.15, 0.2) is 0 Å². The quantitative estimate of drug-likeness (QED) is 0.169. The number of hydrogen-bond donors (Lipinski definition) is 5. The van der Waals surface area contributed by atoms with Gasteiger partial charge in [-0.3, -0.25) is 4.79 Å². The van der Waals surface area contributed by atoms with Gasteiger partial charge >= 0.3 is 5.97 Å². The van der Waals surface area contributed by atoms with Crippen molar-refractivity contribution >= 4 is 28.1 Å². The average molecular weight is 501 g/mol. The summed E-state index contributed by atoms with van der Waals surface area (Å²) >= 11 is 0. The minimum Gasteiger partial charge on any atom is -0.506 e. The SMILES string of the molecule is Cc1ccc2c(N=Nc3cc(CCCNC(CO)C(=O)O)ccc3O)c(O)c(C)cc2c1.[Cu]. The first kappa shape index (κ1) is 26.3. The summed E-state index contributed by atoms with van der Waals surface area (Å²) in [4.78, 5) is 10.9. The molecular weight excluding hydrogens is 474 g/mol. The molecule has 5 N–H and O–H groups in total. The van der Waals surface area contributed by atoms with Crippen molar-refractivity contribution in [3.63, 3.8) is 0 Å². The number of azo groups is 1. The van der Waals surface area contributed by atoms with Crippen LogP contribution in [0.4, 0.5) is 11.4 Å². The van der Waals surface area contributed by atoms with Crippen LogP contribution in [0.15, 0.2) is 52.7 Å². The predicted molar refractivity (Wildman–Crippen MR) is 122 cm³/mol. The first-order valence-corrected chi connectivity index (χ1v) is 10.3. The first-order valence-electron chi connectivity index (χ1n) is 10.3. The number of carbonyl (C=O) groups is 1. The summed E-state index contributed by atoms with van der Waals surface area (Å²) in [7, 11) is 0. The molecule has 9 heteroatoms. The Morgan fingerprint density at radius 2 is 1.82 bits per heavy atom. The molecule has 0 saturated heterocycles. The number of nitrogens with zero attached hydrogens (tertiary/aromatic N) is 2. The number of carboxylic acids is 1. The fourth-order valence-electron chi connectivity index (χ4n) is 3.44. The van der Waals surface area contributed by atoms with Gasteiger partial charge in [-0.2, -0.15) is 0 Å². The van der Waals surface area contributed by atoms with Crippen LogP contribution in [0, 0.1) is 13.8 Å². The molecule has 0 saturated carbocycles. The third-order valence-electron chi connectivity index (χ3n) is 5.24. The molecule has 0 spiro atoms.